The first-order valence-electron chi connectivity index (χ1n) is 6.26. The topological polar surface area (TPSA) is 53.4 Å². The van der Waals surface area contributed by atoms with Crippen molar-refractivity contribution in [3.63, 3.8) is 0 Å². The fraction of sp³-hybridized carbons (Fsp3) is 0.200. The van der Waals surface area contributed by atoms with Gasteiger partial charge in [0, 0.05) is 18.4 Å². The van der Waals surface area contributed by atoms with Gasteiger partial charge in [-0.25, -0.2) is 9.78 Å². The fourth-order valence-corrected chi connectivity index (χ4v) is 2.32. The second-order valence-electron chi connectivity index (χ2n) is 4.37. The molecule has 0 bridgehead atoms. The summed E-state index contributed by atoms with van der Waals surface area (Å²) < 4.78 is 0. The normalized spacial score (nSPS) is 10.3. The third-order valence-corrected chi connectivity index (χ3v) is 3.32. The molecule has 2 aromatic rings. The molecule has 0 amide bonds. The summed E-state index contributed by atoms with van der Waals surface area (Å²) in [5, 5.41) is 9.27. The molecule has 0 aliphatic heterocycles. The van der Waals surface area contributed by atoms with E-state index in [1.54, 1.807) is 0 Å². The number of para-hydroxylation sites is 1. The number of anilines is 2. The van der Waals surface area contributed by atoms with Gasteiger partial charge in [0.15, 0.2) is 5.82 Å². The number of carboxylic acid groups (broad SMARTS) is 1. The van der Waals surface area contributed by atoms with Gasteiger partial charge in [0.05, 0.1) is 10.6 Å². The van der Waals surface area contributed by atoms with Crippen LogP contribution in [0.2, 0.25) is 5.02 Å². The van der Waals surface area contributed by atoms with Gasteiger partial charge in [-0.15, -0.1) is 0 Å². The van der Waals surface area contributed by atoms with E-state index in [9.17, 15) is 4.79 Å². The lowest BCUT2D eigenvalue weighted by Crippen LogP contribution is -2.19. The highest BCUT2D eigenvalue weighted by atomic mass is 35.5. The molecular weight excluding hydrogens is 276 g/mol. The van der Waals surface area contributed by atoms with Crippen molar-refractivity contribution in [2.24, 2.45) is 0 Å². The molecule has 2 rings (SSSR count). The van der Waals surface area contributed by atoms with Crippen LogP contribution in [0.3, 0.4) is 0 Å². The molecule has 20 heavy (non-hydrogen) atoms. The number of hydrogen-bond donors (Lipinski definition) is 1. The minimum atomic E-state index is -1.04. The molecule has 1 aromatic heterocycles. The molecule has 104 valence electrons. The predicted molar refractivity (Wildman–Crippen MR) is 80.1 cm³/mol. The Labute approximate surface area is 122 Å². The van der Waals surface area contributed by atoms with Crippen molar-refractivity contribution in [2.75, 3.05) is 11.4 Å². The highest BCUT2D eigenvalue weighted by molar-refractivity contribution is 6.33. The monoisotopic (exact) mass is 290 g/mol. The molecule has 0 unspecified atom stereocenters. The number of aromatic nitrogens is 1. The van der Waals surface area contributed by atoms with Gasteiger partial charge in [0.1, 0.15) is 0 Å². The Morgan fingerprint density at radius 3 is 2.65 bits per heavy atom. The largest absolute Gasteiger partial charge is 0.478 e. The van der Waals surface area contributed by atoms with E-state index < -0.39 is 5.97 Å². The SMILES string of the molecule is CCN(c1ccccc1C)c1ncc(C(=O)O)cc1Cl. The van der Waals surface area contributed by atoms with Crippen LogP contribution in [0.4, 0.5) is 11.5 Å². The third-order valence-electron chi connectivity index (χ3n) is 3.05. The Balaban J connectivity index is 2.48. The maximum absolute atomic E-state index is 10.9. The first-order chi connectivity index (χ1) is 9.54. The molecule has 0 saturated carbocycles. The molecule has 1 aromatic carbocycles. The van der Waals surface area contributed by atoms with Crippen molar-refractivity contribution in [3.05, 3.63) is 52.7 Å². The van der Waals surface area contributed by atoms with Crippen LogP contribution in [0.25, 0.3) is 0 Å². The summed E-state index contributed by atoms with van der Waals surface area (Å²) in [7, 11) is 0. The third kappa shape index (κ3) is 2.75. The second-order valence-corrected chi connectivity index (χ2v) is 4.77. The Hall–Kier alpha value is -2.07. The number of benzene rings is 1. The summed E-state index contributed by atoms with van der Waals surface area (Å²) in [6.07, 6.45) is 1.32. The zero-order valence-corrected chi connectivity index (χ0v) is 12.1. The number of hydrogen-bond acceptors (Lipinski definition) is 3. The summed E-state index contributed by atoms with van der Waals surface area (Å²) in [6, 6.07) is 9.34. The number of aryl methyl sites for hydroxylation is 1. The standard InChI is InChI=1S/C15H15ClN2O2/c1-3-18(13-7-5-4-6-10(13)2)14-12(16)8-11(9-17-14)15(19)20/h4-9H,3H2,1-2H3,(H,19,20). The number of carboxylic acids is 1. The fourth-order valence-electron chi connectivity index (χ4n) is 2.05. The summed E-state index contributed by atoms with van der Waals surface area (Å²) in [6.45, 7) is 4.69. The van der Waals surface area contributed by atoms with Gasteiger partial charge < -0.3 is 10.0 Å². The average Bonchev–Trinajstić information content (AvgIpc) is 2.43. The average molecular weight is 291 g/mol. The summed E-state index contributed by atoms with van der Waals surface area (Å²) in [4.78, 5) is 17.1. The molecule has 1 heterocycles. The predicted octanol–water partition coefficient (Wildman–Crippen LogP) is 3.90. The van der Waals surface area contributed by atoms with Crippen LogP contribution in [0.5, 0.6) is 0 Å². The van der Waals surface area contributed by atoms with Crippen molar-refractivity contribution in [3.8, 4) is 0 Å². The van der Waals surface area contributed by atoms with Gasteiger partial charge in [0.25, 0.3) is 0 Å². The van der Waals surface area contributed by atoms with Gasteiger partial charge in [0.2, 0.25) is 0 Å². The Morgan fingerprint density at radius 1 is 1.40 bits per heavy atom. The van der Waals surface area contributed by atoms with E-state index in [2.05, 4.69) is 4.98 Å². The van der Waals surface area contributed by atoms with E-state index in [-0.39, 0.29) is 5.56 Å². The lowest BCUT2D eigenvalue weighted by molar-refractivity contribution is 0.0696. The molecule has 0 saturated heterocycles. The van der Waals surface area contributed by atoms with Gasteiger partial charge >= 0.3 is 5.97 Å². The molecule has 0 radical (unpaired) electrons. The van der Waals surface area contributed by atoms with Crippen molar-refractivity contribution in [1.29, 1.82) is 0 Å². The van der Waals surface area contributed by atoms with Crippen LogP contribution in [0.1, 0.15) is 22.8 Å². The quantitative estimate of drug-likeness (QED) is 0.928. The number of aromatic carboxylic acids is 1. The van der Waals surface area contributed by atoms with Gasteiger partial charge in [-0.3, -0.25) is 0 Å². The Kier molecular flexibility index (Phi) is 4.25. The first kappa shape index (κ1) is 14.3. The van der Waals surface area contributed by atoms with Crippen LogP contribution >= 0.6 is 11.6 Å². The van der Waals surface area contributed by atoms with E-state index >= 15 is 0 Å². The molecule has 1 N–H and O–H groups in total. The molecule has 0 aliphatic carbocycles. The highest BCUT2D eigenvalue weighted by Gasteiger charge is 2.16. The maximum atomic E-state index is 10.9. The molecule has 0 atom stereocenters. The van der Waals surface area contributed by atoms with Crippen molar-refractivity contribution in [1.82, 2.24) is 4.98 Å². The van der Waals surface area contributed by atoms with Crippen LogP contribution < -0.4 is 4.90 Å². The van der Waals surface area contributed by atoms with Crippen molar-refractivity contribution < 1.29 is 9.90 Å². The smallest absolute Gasteiger partial charge is 0.337 e. The van der Waals surface area contributed by atoms with E-state index in [1.165, 1.54) is 12.3 Å². The van der Waals surface area contributed by atoms with Crippen molar-refractivity contribution >= 4 is 29.1 Å². The van der Waals surface area contributed by atoms with E-state index in [0.717, 1.165) is 11.3 Å². The van der Waals surface area contributed by atoms with Gasteiger partial charge in [-0.1, -0.05) is 29.8 Å². The van der Waals surface area contributed by atoms with Crippen LogP contribution in [0.15, 0.2) is 36.5 Å². The Bertz CT molecular complexity index is 644. The minimum Gasteiger partial charge on any atom is -0.478 e. The van der Waals surface area contributed by atoms with E-state index in [4.69, 9.17) is 16.7 Å². The number of nitrogens with zero attached hydrogens (tertiary/aromatic N) is 2. The zero-order chi connectivity index (χ0) is 14.7. The van der Waals surface area contributed by atoms with Gasteiger partial charge in [-0.05, 0) is 31.5 Å². The summed E-state index contributed by atoms with van der Waals surface area (Å²) in [5.74, 6) is -0.474. The highest BCUT2D eigenvalue weighted by Crippen LogP contribution is 2.32. The van der Waals surface area contributed by atoms with Crippen LogP contribution in [0, 0.1) is 6.92 Å². The maximum Gasteiger partial charge on any atom is 0.337 e. The number of rotatable bonds is 4. The van der Waals surface area contributed by atoms with Crippen molar-refractivity contribution in [2.45, 2.75) is 13.8 Å². The lowest BCUT2D eigenvalue weighted by Gasteiger charge is -2.24. The molecule has 4 nitrogen and oxygen atoms in total. The minimum absolute atomic E-state index is 0.0830. The number of pyridine rings is 1. The lowest BCUT2D eigenvalue weighted by atomic mass is 10.1. The number of carbonyl (C=O) groups is 1. The number of halogens is 1. The van der Waals surface area contributed by atoms with Gasteiger partial charge in [-0.2, -0.15) is 0 Å². The second kappa shape index (κ2) is 5.92. The molecular formula is C15H15ClN2O2. The molecule has 0 fully saturated rings. The zero-order valence-electron chi connectivity index (χ0n) is 11.3. The van der Waals surface area contributed by atoms with E-state index in [0.29, 0.717) is 17.4 Å². The first-order valence-corrected chi connectivity index (χ1v) is 6.64. The van der Waals surface area contributed by atoms with E-state index in [1.807, 2.05) is 43.0 Å². The summed E-state index contributed by atoms with van der Waals surface area (Å²) >= 11 is 6.18. The summed E-state index contributed by atoms with van der Waals surface area (Å²) in [5.41, 5.74) is 2.20. The molecule has 5 heteroatoms. The molecule has 0 aliphatic rings. The van der Waals surface area contributed by atoms with Crippen LogP contribution in [-0.4, -0.2) is 22.6 Å². The van der Waals surface area contributed by atoms with Crippen LogP contribution in [-0.2, 0) is 0 Å². The molecule has 0 spiro atoms. The Morgan fingerprint density at radius 2 is 2.10 bits per heavy atom.